The van der Waals surface area contributed by atoms with Gasteiger partial charge in [-0.2, -0.15) is 0 Å². The summed E-state index contributed by atoms with van der Waals surface area (Å²) < 4.78 is 13.5. The lowest BCUT2D eigenvalue weighted by Crippen LogP contribution is -2.34. The molecule has 1 unspecified atom stereocenters. The minimum Gasteiger partial charge on any atom is -0.316 e. The van der Waals surface area contributed by atoms with Gasteiger partial charge in [0.05, 0.1) is 5.02 Å². The summed E-state index contributed by atoms with van der Waals surface area (Å²) in [5.41, 5.74) is 1.20. The average molecular weight is 286 g/mol. The van der Waals surface area contributed by atoms with Crippen LogP contribution in [0, 0.1) is 11.2 Å². The van der Waals surface area contributed by atoms with Crippen LogP contribution in [-0.4, -0.2) is 13.1 Å². The Hall–Kier alpha value is -0.600. The molecule has 0 saturated heterocycles. The fourth-order valence-electron chi connectivity index (χ4n) is 2.55. The normalized spacial score (nSPS) is 14.4. The van der Waals surface area contributed by atoms with Gasteiger partial charge in [-0.15, -0.1) is 0 Å². The van der Waals surface area contributed by atoms with Crippen molar-refractivity contribution in [2.45, 2.75) is 46.5 Å². The van der Waals surface area contributed by atoms with Crippen LogP contribution in [0.3, 0.4) is 0 Å². The Morgan fingerprint density at radius 1 is 1.26 bits per heavy atom. The maximum absolute atomic E-state index is 13.5. The quantitative estimate of drug-likeness (QED) is 0.675. The number of hydrogen-bond donors (Lipinski definition) is 1. The molecule has 1 atom stereocenters. The molecule has 1 aromatic rings. The highest BCUT2D eigenvalue weighted by Crippen LogP contribution is 2.29. The maximum atomic E-state index is 13.5. The fraction of sp³-hybridized carbons (Fsp3) is 0.625. The molecule has 0 aliphatic carbocycles. The smallest absolute Gasteiger partial charge is 0.142 e. The van der Waals surface area contributed by atoms with Gasteiger partial charge in [-0.3, -0.25) is 0 Å². The molecule has 0 aliphatic rings. The Labute approximate surface area is 121 Å². The third kappa shape index (κ3) is 5.50. The molecule has 0 amide bonds. The Morgan fingerprint density at radius 2 is 2.00 bits per heavy atom. The maximum Gasteiger partial charge on any atom is 0.142 e. The second-order valence-electron chi connectivity index (χ2n) is 5.66. The van der Waals surface area contributed by atoms with E-state index in [1.54, 1.807) is 12.1 Å². The predicted molar refractivity (Wildman–Crippen MR) is 81.3 cm³/mol. The molecule has 0 saturated carbocycles. The summed E-state index contributed by atoms with van der Waals surface area (Å²) in [6, 6.07) is 5.15. The highest BCUT2D eigenvalue weighted by atomic mass is 35.5. The fourth-order valence-corrected chi connectivity index (χ4v) is 2.67. The predicted octanol–water partition coefficient (Wildman–Crippen LogP) is 4.83. The van der Waals surface area contributed by atoms with Crippen molar-refractivity contribution in [3.05, 3.63) is 34.6 Å². The standard InChI is InChI=1S/C16H25ClFN/c1-4-8-16(3,12-19-9-5-2)11-13-6-7-14(17)15(18)10-13/h6-7,10,19H,4-5,8-9,11-12H2,1-3H3. The highest BCUT2D eigenvalue weighted by molar-refractivity contribution is 6.30. The molecule has 108 valence electrons. The van der Waals surface area contributed by atoms with E-state index in [0.717, 1.165) is 44.3 Å². The van der Waals surface area contributed by atoms with Crippen LogP contribution < -0.4 is 5.32 Å². The molecule has 0 fully saturated rings. The molecule has 1 rings (SSSR count). The summed E-state index contributed by atoms with van der Waals surface area (Å²) in [5, 5.41) is 3.69. The van der Waals surface area contributed by atoms with Gasteiger partial charge in [0, 0.05) is 6.54 Å². The molecule has 1 N–H and O–H groups in total. The van der Waals surface area contributed by atoms with Crippen molar-refractivity contribution in [1.82, 2.24) is 5.32 Å². The van der Waals surface area contributed by atoms with Crippen LogP contribution in [0.25, 0.3) is 0 Å². The molecule has 0 radical (unpaired) electrons. The van der Waals surface area contributed by atoms with E-state index in [1.165, 1.54) is 0 Å². The molecule has 0 heterocycles. The molecular formula is C16H25ClFN. The highest BCUT2D eigenvalue weighted by Gasteiger charge is 2.23. The van der Waals surface area contributed by atoms with Crippen molar-refractivity contribution in [2.24, 2.45) is 5.41 Å². The molecule has 0 bridgehead atoms. The van der Waals surface area contributed by atoms with E-state index in [4.69, 9.17) is 11.6 Å². The number of nitrogens with one attached hydrogen (secondary N) is 1. The van der Waals surface area contributed by atoms with E-state index >= 15 is 0 Å². The summed E-state index contributed by atoms with van der Waals surface area (Å²) >= 11 is 5.73. The summed E-state index contributed by atoms with van der Waals surface area (Å²) in [4.78, 5) is 0. The molecule has 0 aromatic heterocycles. The Balaban J connectivity index is 2.72. The average Bonchev–Trinajstić information content (AvgIpc) is 2.34. The molecule has 0 spiro atoms. The van der Waals surface area contributed by atoms with E-state index in [1.807, 2.05) is 6.07 Å². The Morgan fingerprint density at radius 3 is 2.58 bits per heavy atom. The molecular weight excluding hydrogens is 261 g/mol. The van der Waals surface area contributed by atoms with Crippen LogP contribution in [0.1, 0.15) is 45.6 Å². The van der Waals surface area contributed by atoms with Crippen molar-refractivity contribution in [3.63, 3.8) is 0 Å². The third-order valence-electron chi connectivity index (χ3n) is 3.45. The first-order valence-corrected chi connectivity index (χ1v) is 7.53. The van der Waals surface area contributed by atoms with E-state index in [9.17, 15) is 4.39 Å². The van der Waals surface area contributed by atoms with Gasteiger partial charge in [-0.05, 0) is 48.9 Å². The van der Waals surface area contributed by atoms with Gasteiger partial charge in [-0.1, -0.05) is 44.9 Å². The molecule has 19 heavy (non-hydrogen) atoms. The van der Waals surface area contributed by atoms with Crippen LogP contribution >= 0.6 is 11.6 Å². The zero-order valence-corrected chi connectivity index (χ0v) is 13.0. The second kappa shape index (κ2) is 7.86. The van der Waals surface area contributed by atoms with Crippen molar-refractivity contribution in [1.29, 1.82) is 0 Å². The summed E-state index contributed by atoms with van der Waals surface area (Å²) in [5.74, 6) is -0.320. The second-order valence-corrected chi connectivity index (χ2v) is 6.07. The van der Waals surface area contributed by atoms with E-state index in [-0.39, 0.29) is 16.3 Å². The summed E-state index contributed by atoms with van der Waals surface area (Å²) in [7, 11) is 0. The van der Waals surface area contributed by atoms with Gasteiger partial charge in [0.1, 0.15) is 5.82 Å². The van der Waals surface area contributed by atoms with E-state index in [2.05, 4.69) is 26.1 Å². The molecule has 1 aromatic carbocycles. The molecule has 0 aliphatic heterocycles. The van der Waals surface area contributed by atoms with Crippen LogP contribution in [0.5, 0.6) is 0 Å². The van der Waals surface area contributed by atoms with Crippen LogP contribution in [0.15, 0.2) is 18.2 Å². The monoisotopic (exact) mass is 285 g/mol. The van der Waals surface area contributed by atoms with Gasteiger partial charge in [0.15, 0.2) is 0 Å². The first kappa shape index (κ1) is 16.5. The zero-order chi connectivity index (χ0) is 14.3. The minimum absolute atomic E-state index is 0.171. The summed E-state index contributed by atoms with van der Waals surface area (Å²) in [6.07, 6.45) is 4.29. The van der Waals surface area contributed by atoms with Gasteiger partial charge in [0.25, 0.3) is 0 Å². The van der Waals surface area contributed by atoms with Gasteiger partial charge >= 0.3 is 0 Å². The van der Waals surface area contributed by atoms with Crippen LogP contribution in [-0.2, 0) is 6.42 Å². The molecule has 1 nitrogen and oxygen atoms in total. The topological polar surface area (TPSA) is 12.0 Å². The lowest BCUT2D eigenvalue weighted by Gasteiger charge is -2.30. The van der Waals surface area contributed by atoms with Crippen LogP contribution in [0.2, 0.25) is 5.02 Å². The Kier molecular flexibility index (Phi) is 6.81. The molecule has 3 heteroatoms. The minimum atomic E-state index is -0.320. The first-order valence-electron chi connectivity index (χ1n) is 7.15. The van der Waals surface area contributed by atoms with Crippen molar-refractivity contribution in [3.8, 4) is 0 Å². The van der Waals surface area contributed by atoms with Crippen molar-refractivity contribution < 1.29 is 4.39 Å². The van der Waals surface area contributed by atoms with Gasteiger partial charge < -0.3 is 5.32 Å². The summed E-state index contributed by atoms with van der Waals surface area (Å²) in [6.45, 7) is 8.64. The Bertz CT molecular complexity index is 394. The number of benzene rings is 1. The van der Waals surface area contributed by atoms with Gasteiger partial charge in [0.2, 0.25) is 0 Å². The first-order chi connectivity index (χ1) is 9.00. The van der Waals surface area contributed by atoms with Crippen molar-refractivity contribution in [2.75, 3.05) is 13.1 Å². The van der Waals surface area contributed by atoms with E-state index in [0.29, 0.717) is 0 Å². The SMILES string of the molecule is CCCNCC(C)(CCC)Cc1ccc(Cl)c(F)c1. The third-order valence-corrected chi connectivity index (χ3v) is 3.75. The number of halogens is 2. The van der Waals surface area contributed by atoms with Crippen molar-refractivity contribution >= 4 is 11.6 Å². The van der Waals surface area contributed by atoms with Gasteiger partial charge in [-0.25, -0.2) is 4.39 Å². The number of rotatable bonds is 8. The lowest BCUT2D eigenvalue weighted by molar-refractivity contribution is 0.275. The lowest BCUT2D eigenvalue weighted by atomic mass is 9.79. The number of hydrogen-bond acceptors (Lipinski definition) is 1. The largest absolute Gasteiger partial charge is 0.316 e. The zero-order valence-electron chi connectivity index (χ0n) is 12.2. The van der Waals surface area contributed by atoms with Crippen LogP contribution in [0.4, 0.5) is 4.39 Å². The van der Waals surface area contributed by atoms with E-state index < -0.39 is 0 Å².